The summed E-state index contributed by atoms with van der Waals surface area (Å²) in [5.41, 5.74) is 7.04. The molecule has 8 rings (SSSR count). The Morgan fingerprint density at radius 3 is 2.19 bits per heavy atom. The van der Waals surface area contributed by atoms with E-state index in [9.17, 15) is 19.5 Å². The lowest BCUT2D eigenvalue weighted by molar-refractivity contribution is -0.136. The van der Waals surface area contributed by atoms with Crippen LogP contribution < -0.4 is 19.7 Å². The Kier molecular flexibility index (Phi) is 11.0. The second-order valence-electron chi connectivity index (χ2n) is 14.5. The molecule has 11 nitrogen and oxygen atoms in total. The fraction of sp³-hybridized carbons (Fsp3) is 0.261. The molecule has 2 fully saturated rings. The maximum Gasteiger partial charge on any atom is 0.255 e. The van der Waals surface area contributed by atoms with Gasteiger partial charge in [0.05, 0.1) is 6.20 Å². The molecule has 4 aromatic carbocycles. The van der Waals surface area contributed by atoms with E-state index in [4.69, 9.17) is 9.47 Å². The van der Waals surface area contributed by atoms with E-state index in [1.807, 2.05) is 48.5 Å². The number of aromatic nitrogens is 1. The molecule has 3 amide bonds. The maximum atomic E-state index is 13.0. The van der Waals surface area contributed by atoms with E-state index in [-0.39, 0.29) is 30.5 Å². The summed E-state index contributed by atoms with van der Waals surface area (Å²) in [6.45, 7) is 7.35. The van der Waals surface area contributed by atoms with Gasteiger partial charge < -0.3 is 24.4 Å². The molecule has 0 aliphatic carbocycles. The molecule has 57 heavy (non-hydrogen) atoms. The summed E-state index contributed by atoms with van der Waals surface area (Å²) in [4.78, 5) is 47.9. The van der Waals surface area contributed by atoms with Crippen LogP contribution in [-0.4, -0.2) is 83.0 Å². The average Bonchev–Trinajstić information content (AvgIpc) is 3.56. The number of amides is 3. The number of pyridine rings is 1. The predicted molar refractivity (Wildman–Crippen MR) is 218 cm³/mol. The first-order chi connectivity index (χ1) is 27.8. The Morgan fingerprint density at radius 1 is 0.807 bits per heavy atom. The highest BCUT2D eigenvalue weighted by Gasteiger charge is 2.39. The Labute approximate surface area is 332 Å². The number of benzene rings is 4. The number of allylic oxidation sites excluding steroid dienone is 1. The van der Waals surface area contributed by atoms with Crippen LogP contribution in [0.2, 0.25) is 0 Å². The number of nitrogens with one attached hydrogen (secondary N) is 1. The van der Waals surface area contributed by atoms with Crippen molar-refractivity contribution in [2.75, 3.05) is 44.2 Å². The summed E-state index contributed by atoms with van der Waals surface area (Å²) in [5, 5.41) is 12.3. The highest BCUT2D eigenvalue weighted by Crippen LogP contribution is 2.36. The third-order valence-corrected chi connectivity index (χ3v) is 10.9. The van der Waals surface area contributed by atoms with Gasteiger partial charge in [0.15, 0.2) is 0 Å². The second kappa shape index (κ2) is 16.7. The largest absolute Gasteiger partial charge is 0.508 e. The van der Waals surface area contributed by atoms with Gasteiger partial charge in [-0.1, -0.05) is 61.5 Å². The molecule has 0 bridgehead atoms. The lowest BCUT2D eigenvalue weighted by Crippen LogP contribution is -2.52. The summed E-state index contributed by atoms with van der Waals surface area (Å²) in [7, 11) is 0. The van der Waals surface area contributed by atoms with Gasteiger partial charge in [-0.05, 0) is 101 Å². The molecule has 2 N–H and O–H groups in total. The Hall–Kier alpha value is -6.46. The van der Waals surface area contributed by atoms with Crippen LogP contribution in [0, 0.1) is 0 Å². The van der Waals surface area contributed by atoms with Crippen LogP contribution in [0.5, 0.6) is 23.0 Å². The van der Waals surface area contributed by atoms with Gasteiger partial charge in [-0.3, -0.25) is 24.6 Å². The van der Waals surface area contributed by atoms with Crippen molar-refractivity contribution < 1.29 is 29.0 Å². The summed E-state index contributed by atoms with van der Waals surface area (Å²) in [5.74, 6) is 2.18. The number of rotatable bonds is 12. The maximum absolute atomic E-state index is 13.0. The molecule has 290 valence electrons. The molecule has 1 unspecified atom stereocenters. The van der Waals surface area contributed by atoms with Gasteiger partial charge in [0.25, 0.3) is 5.91 Å². The first-order valence-corrected chi connectivity index (χ1v) is 19.5. The predicted octanol–water partition coefficient (Wildman–Crippen LogP) is 6.91. The topological polar surface area (TPSA) is 125 Å². The number of nitrogens with zero attached hydrogens (tertiary/aromatic N) is 4. The number of fused-ring (bicyclic) bond motifs is 1. The molecule has 1 atom stereocenters. The van der Waals surface area contributed by atoms with Crippen molar-refractivity contribution >= 4 is 34.7 Å². The highest BCUT2D eigenvalue weighted by atomic mass is 16.5. The summed E-state index contributed by atoms with van der Waals surface area (Å²) < 4.78 is 12.3. The van der Waals surface area contributed by atoms with Gasteiger partial charge in [-0.2, -0.15) is 0 Å². The average molecular weight is 764 g/mol. The van der Waals surface area contributed by atoms with Crippen molar-refractivity contribution in [3.05, 3.63) is 143 Å². The minimum atomic E-state index is -0.654. The number of piperidine rings is 1. The lowest BCUT2D eigenvalue weighted by Gasteiger charge is -2.35. The van der Waals surface area contributed by atoms with E-state index in [1.165, 1.54) is 16.0 Å². The van der Waals surface area contributed by atoms with E-state index in [0.717, 1.165) is 73.0 Å². The van der Waals surface area contributed by atoms with E-state index < -0.39 is 11.9 Å². The molecule has 3 aliphatic heterocycles. The molecule has 0 radical (unpaired) electrons. The fourth-order valence-electron chi connectivity index (χ4n) is 7.89. The molecule has 3 aliphatic rings. The second-order valence-corrected chi connectivity index (χ2v) is 14.5. The quantitative estimate of drug-likeness (QED) is 0.103. The van der Waals surface area contributed by atoms with Crippen molar-refractivity contribution in [1.29, 1.82) is 0 Å². The van der Waals surface area contributed by atoms with Crippen LogP contribution in [0.25, 0.3) is 11.1 Å². The zero-order valence-electron chi connectivity index (χ0n) is 31.9. The van der Waals surface area contributed by atoms with Gasteiger partial charge in [0.1, 0.15) is 41.5 Å². The standard InChI is InChI=1S/C46H45N5O6/c1-2-39(31-6-4-3-5-7-31)44(32-8-12-35(52)13-9-32)33-10-14-36(15-11-33)56-27-26-49-22-24-50(25-23-49)42-20-17-38(29-47-42)57-37-16-18-40-34(28-37)30-51(46(40)55)41-19-21-43(53)48-45(41)54/h3-18,20,28-29,41,52H,2,19,21-27,30H2,1H3,(H,48,53,54)/b44-39-. The molecule has 4 heterocycles. The monoisotopic (exact) mass is 763 g/mol. The van der Waals surface area contributed by atoms with Crippen LogP contribution in [0.4, 0.5) is 5.82 Å². The minimum Gasteiger partial charge on any atom is -0.508 e. The van der Waals surface area contributed by atoms with E-state index >= 15 is 0 Å². The van der Waals surface area contributed by atoms with Gasteiger partial charge in [-0.15, -0.1) is 0 Å². The minimum absolute atomic E-state index is 0.213. The molecule has 11 heteroatoms. The number of anilines is 1. The van der Waals surface area contributed by atoms with E-state index in [1.54, 1.807) is 30.5 Å². The number of phenols is 1. The van der Waals surface area contributed by atoms with E-state index in [2.05, 4.69) is 63.4 Å². The number of carbonyl (C=O) groups excluding carboxylic acids is 3. The molecule has 0 saturated carbocycles. The third-order valence-electron chi connectivity index (χ3n) is 10.9. The number of aromatic hydroxyl groups is 1. The first kappa shape index (κ1) is 37.5. The third kappa shape index (κ3) is 8.39. The fourth-order valence-corrected chi connectivity index (χ4v) is 7.89. The first-order valence-electron chi connectivity index (χ1n) is 19.5. The number of piperazine rings is 1. The number of hydrogen-bond donors (Lipinski definition) is 2. The van der Waals surface area contributed by atoms with Crippen LogP contribution in [-0.2, 0) is 16.1 Å². The van der Waals surface area contributed by atoms with Crippen molar-refractivity contribution in [1.82, 2.24) is 20.1 Å². The molecule has 1 aromatic heterocycles. The summed E-state index contributed by atoms with van der Waals surface area (Å²) in [6.07, 6.45) is 3.11. The molecular formula is C46H45N5O6. The zero-order valence-corrected chi connectivity index (χ0v) is 31.9. The molecule has 0 spiro atoms. The van der Waals surface area contributed by atoms with Crippen LogP contribution in [0.3, 0.4) is 0 Å². The van der Waals surface area contributed by atoms with Gasteiger partial charge in [0, 0.05) is 51.3 Å². The smallest absolute Gasteiger partial charge is 0.255 e. The highest BCUT2D eigenvalue weighted by molar-refractivity contribution is 6.05. The number of ether oxygens (including phenoxy) is 2. The Bertz CT molecular complexity index is 2270. The zero-order chi connectivity index (χ0) is 39.3. The van der Waals surface area contributed by atoms with Crippen LogP contribution in [0.15, 0.2) is 115 Å². The number of carbonyl (C=O) groups is 3. The normalized spacial score (nSPS) is 17.6. The molecular weight excluding hydrogens is 719 g/mol. The van der Waals surface area contributed by atoms with Gasteiger partial charge in [-0.25, -0.2) is 4.98 Å². The number of imide groups is 1. The van der Waals surface area contributed by atoms with Crippen molar-refractivity contribution in [2.24, 2.45) is 0 Å². The molecule has 2 saturated heterocycles. The van der Waals surface area contributed by atoms with E-state index in [0.29, 0.717) is 30.1 Å². The van der Waals surface area contributed by atoms with Crippen LogP contribution in [0.1, 0.15) is 58.8 Å². The van der Waals surface area contributed by atoms with Crippen LogP contribution >= 0.6 is 0 Å². The number of hydrogen-bond acceptors (Lipinski definition) is 9. The number of phenolic OH excluding ortho intramolecular Hbond substituents is 1. The van der Waals surface area contributed by atoms with Gasteiger partial charge in [0.2, 0.25) is 11.8 Å². The Balaban J connectivity index is 0.819. The SMILES string of the molecule is CC/C(=C(\c1ccc(O)cc1)c1ccc(OCCN2CCN(c3ccc(Oc4ccc5c(c4)CN(C4CCC(=O)NC4=O)C5=O)cn3)CC2)cc1)c1ccccc1. The van der Waals surface area contributed by atoms with Crippen molar-refractivity contribution in [3.8, 4) is 23.0 Å². The van der Waals surface area contributed by atoms with Crippen molar-refractivity contribution in [3.63, 3.8) is 0 Å². The lowest BCUT2D eigenvalue weighted by atomic mass is 9.88. The van der Waals surface area contributed by atoms with Crippen molar-refractivity contribution in [2.45, 2.75) is 38.8 Å². The summed E-state index contributed by atoms with van der Waals surface area (Å²) in [6, 6.07) is 34.7. The molecule has 5 aromatic rings. The Morgan fingerprint density at radius 2 is 1.51 bits per heavy atom. The van der Waals surface area contributed by atoms with Gasteiger partial charge >= 0.3 is 0 Å². The summed E-state index contributed by atoms with van der Waals surface area (Å²) >= 11 is 0.